The van der Waals surface area contributed by atoms with Gasteiger partial charge in [-0.15, -0.1) is 0 Å². The fraction of sp³-hybridized carbons (Fsp3) is 0.318. The first-order chi connectivity index (χ1) is 13.7. The van der Waals surface area contributed by atoms with Crippen LogP contribution in [0.2, 0.25) is 0 Å². The molecule has 0 aliphatic carbocycles. The number of H-pyrrole nitrogens is 1. The molecule has 29 heavy (non-hydrogen) atoms. The van der Waals surface area contributed by atoms with Crippen LogP contribution in [0.15, 0.2) is 48.5 Å². The fourth-order valence-corrected chi connectivity index (χ4v) is 3.81. The number of aromatic amines is 1. The molecule has 1 unspecified atom stereocenters. The number of para-hydroxylation sites is 1. The van der Waals surface area contributed by atoms with Gasteiger partial charge in [-0.1, -0.05) is 30.3 Å². The minimum Gasteiger partial charge on any atom is -0.459 e. The average Bonchev–Trinajstić information content (AvgIpc) is 3.04. The monoisotopic (exact) mass is 393 g/mol. The predicted octanol–water partition coefficient (Wildman–Crippen LogP) is 4.02. The minimum absolute atomic E-state index is 0.0325. The summed E-state index contributed by atoms with van der Waals surface area (Å²) in [6.07, 6.45) is 0.512. The zero-order chi connectivity index (χ0) is 20.8. The third kappa shape index (κ3) is 3.73. The minimum atomic E-state index is -0.581. The number of hydrogen-bond acceptors (Lipinski definition) is 5. The Kier molecular flexibility index (Phi) is 4.62. The van der Waals surface area contributed by atoms with Gasteiger partial charge < -0.3 is 9.72 Å². The van der Waals surface area contributed by atoms with Gasteiger partial charge in [0, 0.05) is 35.2 Å². The van der Waals surface area contributed by atoms with E-state index < -0.39 is 16.6 Å². The number of nitro groups is 1. The Morgan fingerprint density at radius 3 is 2.48 bits per heavy atom. The van der Waals surface area contributed by atoms with E-state index in [4.69, 9.17) is 4.74 Å². The summed E-state index contributed by atoms with van der Waals surface area (Å²) >= 11 is 0. The third-order valence-electron chi connectivity index (χ3n) is 5.04. The number of carbonyl (C=O) groups excluding carboxylic acids is 1. The highest BCUT2D eigenvalue weighted by Gasteiger charge is 2.36. The van der Waals surface area contributed by atoms with E-state index in [1.165, 1.54) is 12.1 Å². The zero-order valence-electron chi connectivity index (χ0n) is 16.6. The largest absolute Gasteiger partial charge is 0.459 e. The number of benzene rings is 2. The molecule has 0 spiro atoms. The van der Waals surface area contributed by atoms with Crippen molar-refractivity contribution in [3.63, 3.8) is 0 Å². The summed E-state index contributed by atoms with van der Waals surface area (Å²) in [5.41, 5.74) is 3.33. The second kappa shape index (κ2) is 7.00. The Morgan fingerprint density at radius 1 is 1.14 bits per heavy atom. The quantitative estimate of drug-likeness (QED) is 0.398. The molecule has 1 aliphatic rings. The topological polar surface area (TPSA) is 97.3 Å². The molecule has 7 heteroatoms. The van der Waals surface area contributed by atoms with Gasteiger partial charge in [-0.3, -0.25) is 20.2 Å². The fourth-order valence-electron chi connectivity index (χ4n) is 3.81. The lowest BCUT2D eigenvalue weighted by atomic mass is 9.90. The second-order valence-electron chi connectivity index (χ2n) is 8.30. The molecule has 0 saturated heterocycles. The molecule has 0 radical (unpaired) electrons. The predicted molar refractivity (Wildman–Crippen MR) is 110 cm³/mol. The molecule has 3 aromatic rings. The molecule has 2 atom stereocenters. The van der Waals surface area contributed by atoms with Gasteiger partial charge >= 0.3 is 5.97 Å². The molecular weight excluding hydrogens is 370 g/mol. The molecule has 0 fully saturated rings. The van der Waals surface area contributed by atoms with E-state index in [1.807, 2.05) is 45.0 Å². The van der Waals surface area contributed by atoms with Crippen molar-refractivity contribution >= 4 is 22.6 Å². The van der Waals surface area contributed by atoms with Crippen LogP contribution in [0, 0.1) is 10.1 Å². The lowest BCUT2D eigenvalue weighted by Crippen LogP contribution is -2.47. The van der Waals surface area contributed by atoms with Gasteiger partial charge in [0.05, 0.1) is 11.0 Å². The number of ether oxygens (including phenoxy) is 1. The Morgan fingerprint density at radius 2 is 1.83 bits per heavy atom. The Labute approximate surface area is 168 Å². The number of esters is 1. The molecular formula is C22H23N3O4. The van der Waals surface area contributed by atoms with Gasteiger partial charge in [0.2, 0.25) is 0 Å². The average molecular weight is 393 g/mol. The summed E-state index contributed by atoms with van der Waals surface area (Å²) in [4.78, 5) is 26.9. The van der Waals surface area contributed by atoms with Crippen LogP contribution in [-0.4, -0.2) is 27.5 Å². The molecule has 150 valence electrons. The molecule has 1 aliphatic heterocycles. The summed E-state index contributed by atoms with van der Waals surface area (Å²) in [5.74, 6) is -0.305. The van der Waals surface area contributed by atoms with E-state index in [0.29, 0.717) is 6.42 Å². The Hall–Kier alpha value is -3.19. The molecule has 0 bridgehead atoms. The van der Waals surface area contributed by atoms with Gasteiger partial charge in [-0.25, -0.2) is 0 Å². The van der Waals surface area contributed by atoms with Crippen LogP contribution in [-0.2, 0) is 16.0 Å². The van der Waals surface area contributed by atoms with Gasteiger partial charge in [-0.05, 0) is 38.0 Å². The summed E-state index contributed by atoms with van der Waals surface area (Å²) in [6, 6.07) is 13.6. The molecule has 4 rings (SSSR count). The first-order valence-electron chi connectivity index (χ1n) is 9.56. The summed E-state index contributed by atoms with van der Waals surface area (Å²) in [5, 5.41) is 15.5. The van der Waals surface area contributed by atoms with E-state index in [1.54, 1.807) is 12.1 Å². The highest BCUT2D eigenvalue weighted by Crippen LogP contribution is 2.36. The lowest BCUT2D eigenvalue weighted by molar-refractivity contribution is -0.384. The van der Waals surface area contributed by atoms with Crippen molar-refractivity contribution < 1.29 is 14.5 Å². The highest BCUT2D eigenvalue weighted by molar-refractivity contribution is 5.87. The Balaban J connectivity index is 1.77. The molecule has 2 N–H and O–H groups in total. The number of nitrogens with one attached hydrogen (secondary N) is 2. The normalized spacial score (nSPS) is 19.0. The van der Waals surface area contributed by atoms with E-state index in [9.17, 15) is 14.9 Å². The summed E-state index contributed by atoms with van der Waals surface area (Å²) < 4.78 is 5.61. The molecule has 7 nitrogen and oxygen atoms in total. The standard InChI is InChI=1S/C22H23N3O4/c1-22(2,3)29-21(26)18-12-16-15-6-4-5-7-17(15)23-20(16)19(24-18)13-8-10-14(11-9-13)25(27)28/h4-11,18-19,23-24H,12H2,1-3H3/t18?,19-/m0/s1. The maximum absolute atomic E-state index is 12.8. The van der Waals surface area contributed by atoms with Crippen molar-refractivity contribution in [3.05, 3.63) is 75.5 Å². The zero-order valence-corrected chi connectivity index (χ0v) is 16.6. The second-order valence-corrected chi connectivity index (χ2v) is 8.30. The van der Waals surface area contributed by atoms with Gasteiger partial charge in [0.1, 0.15) is 11.6 Å². The van der Waals surface area contributed by atoms with Crippen LogP contribution in [0.25, 0.3) is 10.9 Å². The van der Waals surface area contributed by atoms with Crippen molar-refractivity contribution in [2.24, 2.45) is 0 Å². The van der Waals surface area contributed by atoms with Gasteiger partial charge in [0.15, 0.2) is 0 Å². The molecule has 2 heterocycles. The van der Waals surface area contributed by atoms with Crippen LogP contribution in [0.4, 0.5) is 5.69 Å². The Bertz CT molecular complexity index is 1080. The number of nitrogens with zero attached hydrogens (tertiary/aromatic N) is 1. The smallest absolute Gasteiger partial charge is 0.324 e. The molecule has 2 aromatic carbocycles. The SMILES string of the molecule is CC(C)(C)OC(=O)C1Cc2c([nH]c3ccccc23)[C@H](c2ccc([N+](=O)[O-])cc2)N1. The number of hydrogen-bond donors (Lipinski definition) is 2. The van der Waals surface area contributed by atoms with Crippen LogP contribution < -0.4 is 5.32 Å². The third-order valence-corrected chi connectivity index (χ3v) is 5.04. The van der Waals surface area contributed by atoms with E-state index in [0.717, 1.165) is 27.7 Å². The maximum atomic E-state index is 12.8. The van der Waals surface area contributed by atoms with Crippen molar-refractivity contribution in [3.8, 4) is 0 Å². The summed E-state index contributed by atoms with van der Waals surface area (Å²) in [7, 11) is 0. The maximum Gasteiger partial charge on any atom is 0.324 e. The number of aromatic nitrogens is 1. The molecule has 1 aromatic heterocycles. The lowest BCUT2D eigenvalue weighted by Gasteiger charge is -2.32. The van der Waals surface area contributed by atoms with Crippen LogP contribution in [0.3, 0.4) is 0 Å². The summed E-state index contributed by atoms with van der Waals surface area (Å²) in [6.45, 7) is 5.54. The van der Waals surface area contributed by atoms with Crippen molar-refractivity contribution in [1.82, 2.24) is 10.3 Å². The van der Waals surface area contributed by atoms with Crippen molar-refractivity contribution in [2.75, 3.05) is 0 Å². The molecule has 0 saturated carbocycles. The highest BCUT2D eigenvalue weighted by atomic mass is 16.6. The van der Waals surface area contributed by atoms with Crippen molar-refractivity contribution in [1.29, 1.82) is 0 Å². The number of fused-ring (bicyclic) bond motifs is 3. The van der Waals surface area contributed by atoms with Crippen LogP contribution in [0.5, 0.6) is 0 Å². The van der Waals surface area contributed by atoms with E-state index in [2.05, 4.69) is 10.3 Å². The number of nitro benzene ring substituents is 1. The van der Waals surface area contributed by atoms with Gasteiger partial charge in [-0.2, -0.15) is 0 Å². The van der Waals surface area contributed by atoms with Crippen molar-refractivity contribution in [2.45, 2.75) is 44.9 Å². The van der Waals surface area contributed by atoms with Crippen LogP contribution >= 0.6 is 0 Å². The number of rotatable bonds is 3. The van der Waals surface area contributed by atoms with Crippen LogP contribution in [0.1, 0.15) is 43.6 Å². The molecule has 0 amide bonds. The number of carbonyl (C=O) groups is 1. The first kappa shape index (κ1) is 19.1. The van der Waals surface area contributed by atoms with Gasteiger partial charge in [0.25, 0.3) is 5.69 Å². The first-order valence-corrected chi connectivity index (χ1v) is 9.56. The van der Waals surface area contributed by atoms with E-state index in [-0.39, 0.29) is 17.7 Å². The number of non-ortho nitro benzene ring substituents is 1. The van der Waals surface area contributed by atoms with E-state index >= 15 is 0 Å².